The van der Waals surface area contributed by atoms with Gasteiger partial charge in [0.1, 0.15) is 55.8 Å². The quantitative estimate of drug-likeness (QED) is 0.110. The standard InChI is InChI=1S/C38H23NO2S.2C32H19NO2S.C32H19NOS2/c1-2-10-24(11-3-1)27-12-4-7-15-32(27)39(25-19-21-35-31(22-25)28-13-5-8-16-33(28)40-35)26-18-20-30-36(23-26)42-38-29-14-6-9-17-34(29)41-37(30)38;2*1-2-8-20(9-3-1)33(21-15-17-29-26(18-21)23-10-4-6-12-27(23)34-29)22-14-16-25-30(19-22)36-32-24-11-5-7-13-28(24)35-31(25)32;1-2-8-20(9-3-1)33(21-14-16-24-23-10-5-7-13-28(23)35-29(24)18-21)22-15-17-26-30(19-22)36-32-25-11-4-6-12-27(25)34-31(26)32/h1-23H;3*1-19H. The molecule has 0 saturated carbocycles. The lowest BCUT2D eigenvalue weighted by Gasteiger charge is -2.28. The summed E-state index contributed by atoms with van der Waals surface area (Å²) < 4.78 is 55.7. The van der Waals surface area contributed by atoms with Crippen LogP contribution in [0.2, 0.25) is 0 Å². The highest BCUT2D eigenvalue weighted by Crippen LogP contribution is 2.54. The summed E-state index contributed by atoms with van der Waals surface area (Å²) in [5.74, 6) is 0. The molecule has 0 saturated heterocycles. The highest BCUT2D eigenvalue weighted by Gasteiger charge is 2.28. The molecule has 11 nitrogen and oxygen atoms in total. The number of benzene rings is 21. The normalized spacial score (nSPS) is 11.9. The van der Waals surface area contributed by atoms with Crippen LogP contribution in [0.25, 0.3) is 222 Å². The minimum absolute atomic E-state index is 0.886. The number of thiophene rings is 5. The van der Waals surface area contributed by atoms with Gasteiger partial charge < -0.3 is 50.5 Å². The zero-order valence-corrected chi connectivity index (χ0v) is 84.0. The van der Waals surface area contributed by atoms with Gasteiger partial charge in [-0.2, -0.15) is 0 Å². The molecule has 0 bridgehead atoms. The van der Waals surface area contributed by atoms with Crippen LogP contribution >= 0.6 is 56.7 Å². The van der Waals surface area contributed by atoms with E-state index in [2.05, 4.69) is 420 Å². The first-order chi connectivity index (χ1) is 74.3. The average Bonchev–Trinajstić information content (AvgIpc) is 1.58. The number of hydrogen-bond acceptors (Lipinski definition) is 16. The Bertz CT molecular complexity index is 10800. The van der Waals surface area contributed by atoms with E-state index in [0.717, 1.165) is 195 Å². The van der Waals surface area contributed by atoms with Gasteiger partial charge in [0.2, 0.25) is 0 Å². The Kier molecular flexibility index (Phi) is 20.7. The maximum Gasteiger partial charge on any atom is 0.154 e. The third-order valence-corrected chi connectivity index (χ3v) is 34.5. The molecule has 150 heavy (non-hydrogen) atoms. The van der Waals surface area contributed by atoms with Crippen LogP contribution in [-0.2, 0) is 0 Å². The first-order valence-electron chi connectivity index (χ1n) is 49.8. The molecule has 0 radical (unpaired) electrons. The van der Waals surface area contributed by atoms with Gasteiger partial charge in [0.25, 0.3) is 0 Å². The molecule has 0 spiro atoms. The summed E-state index contributed by atoms with van der Waals surface area (Å²) in [6.45, 7) is 0. The van der Waals surface area contributed by atoms with Crippen molar-refractivity contribution in [2.24, 2.45) is 0 Å². The number of para-hydroxylation sites is 11. The number of fused-ring (bicyclic) bond motifs is 32. The van der Waals surface area contributed by atoms with Crippen molar-refractivity contribution >= 4 is 336 Å². The van der Waals surface area contributed by atoms with Crippen LogP contribution in [0.1, 0.15) is 0 Å². The summed E-state index contributed by atoms with van der Waals surface area (Å²) in [6, 6.07) is 170. The molecule has 12 aromatic heterocycles. The molecule has 0 N–H and O–H groups in total. The van der Waals surface area contributed by atoms with Crippen molar-refractivity contribution in [1.29, 1.82) is 0 Å². The van der Waals surface area contributed by atoms with Crippen LogP contribution in [0.15, 0.2) is 516 Å². The fourth-order valence-electron chi connectivity index (χ4n) is 21.8. The van der Waals surface area contributed by atoms with Crippen LogP contribution in [0, 0.1) is 0 Å². The van der Waals surface area contributed by atoms with Crippen LogP contribution in [0.3, 0.4) is 0 Å². The summed E-state index contributed by atoms with van der Waals surface area (Å²) in [4.78, 5) is 9.33. The molecule has 21 aromatic carbocycles. The lowest BCUT2D eigenvalue weighted by molar-refractivity contribution is 0.668. The molecule has 0 unspecified atom stereocenters. The fourth-order valence-corrected chi connectivity index (χ4v) is 27.7. The molecular formula is C134H80N4O7S5. The van der Waals surface area contributed by atoms with Crippen molar-refractivity contribution in [1.82, 2.24) is 0 Å². The zero-order chi connectivity index (χ0) is 98.5. The predicted octanol–water partition coefficient (Wildman–Crippen LogP) is 42.8. The van der Waals surface area contributed by atoms with Gasteiger partial charge in [-0.3, -0.25) is 0 Å². The van der Waals surface area contributed by atoms with E-state index in [1.807, 2.05) is 96.3 Å². The van der Waals surface area contributed by atoms with Gasteiger partial charge in [0.05, 0.1) is 24.5 Å². The predicted molar refractivity (Wildman–Crippen MR) is 635 cm³/mol. The topological polar surface area (TPSA) is 105 Å². The Morgan fingerprint density at radius 2 is 0.367 bits per heavy atom. The summed E-state index contributed by atoms with van der Waals surface area (Å²) in [5.41, 5.74) is 28.7. The van der Waals surface area contributed by atoms with Gasteiger partial charge in [0.15, 0.2) is 22.3 Å². The number of anilines is 12. The van der Waals surface area contributed by atoms with Gasteiger partial charge >= 0.3 is 0 Å². The Morgan fingerprint density at radius 3 is 0.713 bits per heavy atom. The van der Waals surface area contributed by atoms with Gasteiger partial charge in [-0.25, -0.2) is 0 Å². The average molecular weight is 2020 g/mol. The van der Waals surface area contributed by atoms with E-state index < -0.39 is 0 Å². The van der Waals surface area contributed by atoms with Crippen molar-refractivity contribution in [3.05, 3.63) is 485 Å². The monoisotopic (exact) mass is 2020 g/mol. The maximum absolute atomic E-state index is 6.32. The Morgan fingerprint density at radius 1 is 0.133 bits per heavy atom. The van der Waals surface area contributed by atoms with E-state index in [4.69, 9.17) is 30.9 Å². The Labute approximate surface area is 876 Å². The van der Waals surface area contributed by atoms with Crippen LogP contribution in [0.4, 0.5) is 68.2 Å². The van der Waals surface area contributed by atoms with E-state index in [-0.39, 0.29) is 0 Å². The van der Waals surface area contributed by atoms with Gasteiger partial charge in [0, 0.05) is 183 Å². The summed E-state index contributed by atoms with van der Waals surface area (Å²) in [6.07, 6.45) is 0. The molecule has 0 fully saturated rings. The van der Waals surface area contributed by atoms with Gasteiger partial charge in [-0.05, 0) is 260 Å². The molecule has 0 aliphatic heterocycles. The molecule has 16 heteroatoms. The summed E-state index contributed by atoms with van der Waals surface area (Å²) in [7, 11) is 0. The van der Waals surface area contributed by atoms with Gasteiger partial charge in [-0.1, -0.05) is 231 Å². The van der Waals surface area contributed by atoms with E-state index in [1.54, 1.807) is 45.3 Å². The number of rotatable bonds is 13. The molecule has 33 aromatic rings. The molecular weight excluding hydrogens is 1940 g/mol. The molecule has 12 heterocycles. The van der Waals surface area contributed by atoms with Crippen LogP contribution in [-0.4, -0.2) is 0 Å². The zero-order valence-electron chi connectivity index (χ0n) is 79.9. The summed E-state index contributed by atoms with van der Waals surface area (Å²) >= 11 is 9.03. The van der Waals surface area contributed by atoms with E-state index in [9.17, 15) is 0 Å². The van der Waals surface area contributed by atoms with Crippen molar-refractivity contribution in [2.45, 2.75) is 0 Å². The number of nitrogens with zero attached hydrogens (tertiary/aromatic N) is 4. The number of hydrogen-bond donors (Lipinski definition) is 0. The van der Waals surface area contributed by atoms with Crippen molar-refractivity contribution in [2.75, 3.05) is 19.6 Å². The van der Waals surface area contributed by atoms with Crippen molar-refractivity contribution < 1.29 is 30.9 Å². The molecule has 0 amide bonds. The largest absolute Gasteiger partial charge is 0.456 e. The van der Waals surface area contributed by atoms with E-state index >= 15 is 0 Å². The van der Waals surface area contributed by atoms with E-state index in [0.29, 0.717) is 0 Å². The first kappa shape index (κ1) is 86.9. The van der Waals surface area contributed by atoms with Crippen LogP contribution < -0.4 is 19.6 Å². The van der Waals surface area contributed by atoms with Crippen molar-refractivity contribution in [3.8, 4) is 11.1 Å². The SMILES string of the molecule is c1ccc(-c2ccccc2N(c2ccc3c(c2)sc2c4ccccc4oc32)c2ccc3oc4ccccc4c3c2)cc1.c1ccc(N(c2ccc3c(c2)sc2c4ccccc4oc32)c2ccc3oc4ccccc4c3c2)cc1.c1ccc(N(c2ccc3c(c2)sc2c4ccccc4oc32)c2ccc3oc4ccccc4c3c2)cc1.c1ccc(N(c2ccc3c(c2)sc2ccccc23)c2ccc3c(c2)sc2c4ccccc4oc32)cc1. The summed E-state index contributed by atoms with van der Waals surface area (Å²) in [5, 5.41) is 18.7. The maximum atomic E-state index is 6.32. The van der Waals surface area contributed by atoms with Crippen molar-refractivity contribution in [3.63, 3.8) is 0 Å². The second kappa shape index (κ2) is 35.7. The first-order valence-corrected chi connectivity index (χ1v) is 53.9. The molecule has 0 aliphatic rings. The van der Waals surface area contributed by atoms with E-state index in [1.165, 1.54) is 95.8 Å². The Balaban J connectivity index is 0.0000000921. The lowest BCUT2D eigenvalue weighted by atomic mass is 10.0. The highest BCUT2D eigenvalue weighted by atomic mass is 32.1. The Hall–Kier alpha value is -18.5. The minimum Gasteiger partial charge on any atom is -0.456 e. The fraction of sp³-hybridized carbons (Fsp3) is 0. The second-order valence-corrected chi connectivity index (χ2v) is 42.8. The van der Waals surface area contributed by atoms with Gasteiger partial charge in [-0.15, -0.1) is 56.7 Å². The third kappa shape index (κ3) is 14.8. The number of furan rings is 7. The third-order valence-electron chi connectivity index (χ3n) is 28.7. The molecule has 708 valence electrons. The highest BCUT2D eigenvalue weighted by molar-refractivity contribution is 7.28. The molecule has 33 rings (SSSR count). The molecule has 0 aliphatic carbocycles. The minimum atomic E-state index is 0.886. The molecule has 0 atom stereocenters. The lowest BCUT2D eigenvalue weighted by Crippen LogP contribution is -2.11. The van der Waals surface area contributed by atoms with Crippen LogP contribution in [0.5, 0.6) is 0 Å². The smallest absolute Gasteiger partial charge is 0.154 e. The second-order valence-electron chi connectivity index (χ2n) is 37.5.